The second kappa shape index (κ2) is 11.0. The molecule has 182 valence electrons. The van der Waals surface area contributed by atoms with E-state index in [4.69, 9.17) is 0 Å². The lowest BCUT2D eigenvalue weighted by atomic mass is 9.96. The largest absolute Gasteiger partial charge is 0.573 e. The predicted octanol–water partition coefficient (Wildman–Crippen LogP) is 6.89. The zero-order valence-electron chi connectivity index (χ0n) is 19.2. The molecule has 0 unspecified atom stereocenters. The number of nitrogens with zero attached hydrogens (tertiary/aromatic N) is 1. The van der Waals surface area contributed by atoms with Crippen LogP contribution in [0, 0.1) is 0 Å². The molecule has 4 aromatic rings. The van der Waals surface area contributed by atoms with Gasteiger partial charge in [0.2, 0.25) is 0 Å². The van der Waals surface area contributed by atoms with Gasteiger partial charge in [-0.1, -0.05) is 60.7 Å². The molecule has 4 rings (SSSR count). The maximum absolute atomic E-state index is 12.9. The number of pyridine rings is 1. The summed E-state index contributed by atoms with van der Waals surface area (Å²) in [5, 5.41) is 0. The average molecular weight is 489 g/mol. The van der Waals surface area contributed by atoms with E-state index in [0.717, 1.165) is 22.8 Å². The lowest BCUT2D eigenvalue weighted by Gasteiger charge is -2.14. The molecule has 1 aromatic heterocycles. The minimum atomic E-state index is -4.97. The third-order valence-corrected chi connectivity index (χ3v) is 5.59. The van der Waals surface area contributed by atoms with Gasteiger partial charge in [-0.15, -0.1) is 13.2 Å². The van der Waals surface area contributed by atoms with Crippen molar-refractivity contribution in [1.29, 1.82) is 0 Å². The quantitative estimate of drug-likeness (QED) is 0.240. The lowest BCUT2D eigenvalue weighted by Crippen LogP contribution is -2.19. The standard InChI is InChI=1S/C29H22F3NO3/c30-29(31,32)36-28-16-13-23(19-25(28)26(34)15-14-24-8-4-5-17-33-24)27(35)18-20-9-11-22(12-10-20)21-6-2-1-3-7-21/h1-13,16-17,19H,14-15,18H2. The molecule has 0 saturated heterocycles. The number of hydrogen-bond donors (Lipinski definition) is 0. The highest BCUT2D eigenvalue weighted by Crippen LogP contribution is 2.29. The van der Waals surface area contributed by atoms with Crippen molar-refractivity contribution in [3.8, 4) is 16.9 Å². The third-order valence-electron chi connectivity index (χ3n) is 5.59. The van der Waals surface area contributed by atoms with Crippen molar-refractivity contribution in [2.45, 2.75) is 25.6 Å². The van der Waals surface area contributed by atoms with E-state index in [0.29, 0.717) is 5.69 Å². The van der Waals surface area contributed by atoms with Gasteiger partial charge in [0.25, 0.3) is 0 Å². The van der Waals surface area contributed by atoms with Crippen molar-refractivity contribution in [3.63, 3.8) is 0 Å². The number of rotatable bonds is 9. The number of carbonyl (C=O) groups is 2. The van der Waals surface area contributed by atoms with Crippen molar-refractivity contribution in [2.75, 3.05) is 0 Å². The Labute approximate surface area is 206 Å². The highest BCUT2D eigenvalue weighted by Gasteiger charge is 2.33. The monoisotopic (exact) mass is 489 g/mol. The van der Waals surface area contributed by atoms with E-state index in [2.05, 4.69) is 9.72 Å². The zero-order valence-corrected chi connectivity index (χ0v) is 19.2. The Hall–Kier alpha value is -4.26. The summed E-state index contributed by atoms with van der Waals surface area (Å²) < 4.78 is 42.8. The van der Waals surface area contributed by atoms with Gasteiger partial charge >= 0.3 is 6.36 Å². The van der Waals surface area contributed by atoms with Crippen LogP contribution in [0.4, 0.5) is 13.2 Å². The molecule has 0 fully saturated rings. The Morgan fingerprint density at radius 1 is 0.778 bits per heavy atom. The van der Waals surface area contributed by atoms with Crippen LogP contribution in [0.5, 0.6) is 5.75 Å². The number of hydrogen-bond acceptors (Lipinski definition) is 4. The topological polar surface area (TPSA) is 56.3 Å². The zero-order chi connectivity index (χ0) is 25.5. The third kappa shape index (κ3) is 6.66. The number of alkyl halides is 3. The van der Waals surface area contributed by atoms with Crippen LogP contribution in [0.25, 0.3) is 11.1 Å². The van der Waals surface area contributed by atoms with Gasteiger partial charge in [0.1, 0.15) is 5.75 Å². The molecule has 0 aliphatic carbocycles. The van der Waals surface area contributed by atoms with Crippen LogP contribution in [0.3, 0.4) is 0 Å². The van der Waals surface area contributed by atoms with E-state index in [1.807, 2.05) is 54.6 Å². The molecule has 0 radical (unpaired) electrons. The molecule has 36 heavy (non-hydrogen) atoms. The van der Waals surface area contributed by atoms with Crippen molar-refractivity contribution < 1.29 is 27.5 Å². The summed E-state index contributed by atoms with van der Waals surface area (Å²) in [6.07, 6.45) is -3.19. The van der Waals surface area contributed by atoms with Gasteiger partial charge in [0.15, 0.2) is 11.6 Å². The molecule has 3 aromatic carbocycles. The van der Waals surface area contributed by atoms with Crippen molar-refractivity contribution in [2.24, 2.45) is 0 Å². The summed E-state index contributed by atoms with van der Waals surface area (Å²) in [4.78, 5) is 29.9. The fraction of sp³-hybridized carbons (Fsp3) is 0.138. The first-order valence-corrected chi connectivity index (χ1v) is 11.3. The van der Waals surface area contributed by atoms with Gasteiger partial charge in [-0.25, -0.2) is 0 Å². The number of ether oxygens (including phenoxy) is 1. The summed E-state index contributed by atoms with van der Waals surface area (Å²) in [7, 11) is 0. The van der Waals surface area contributed by atoms with Crippen molar-refractivity contribution in [1.82, 2.24) is 4.98 Å². The number of aryl methyl sites for hydroxylation is 1. The van der Waals surface area contributed by atoms with E-state index < -0.39 is 17.9 Å². The lowest BCUT2D eigenvalue weighted by molar-refractivity contribution is -0.274. The number of benzene rings is 3. The van der Waals surface area contributed by atoms with Crippen LogP contribution in [-0.4, -0.2) is 22.9 Å². The van der Waals surface area contributed by atoms with Crippen LogP contribution in [0.1, 0.15) is 38.4 Å². The second-order valence-corrected chi connectivity index (χ2v) is 8.17. The maximum atomic E-state index is 12.9. The first-order chi connectivity index (χ1) is 17.3. The van der Waals surface area contributed by atoms with Gasteiger partial charge in [0.05, 0.1) is 5.56 Å². The molecular formula is C29H22F3NO3. The fourth-order valence-electron chi connectivity index (χ4n) is 3.79. The minimum absolute atomic E-state index is 0.0378. The molecule has 0 spiro atoms. The summed E-state index contributed by atoms with van der Waals surface area (Å²) in [6.45, 7) is 0. The SMILES string of the molecule is O=C(Cc1ccc(-c2ccccc2)cc1)c1ccc(OC(F)(F)F)c(C(=O)CCc2ccccn2)c1. The molecule has 0 N–H and O–H groups in total. The second-order valence-electron chi connectivity index (χ2n) is 8.17. The highest BCUT2D eigenvalue weighted by atomic mass is 19.4. The Bertz CT molecular complexity index is 1340. The van der Waals surface area contributed by atoms with Crippen LogP contribution >= 0.6 is 0 Å². The molecule has 7 heteroatoms. The number of aromatic nitrogens is 1. The van der Waals surface area contributed by atoms with Gasteiger partial charge in [-0.05, 0) is 53.4 Å². The minimum Gasteiger partial charge on any atom is -0.405 e. The normalized spacial score (nSPS) is 11.2. The molecule has 0 aliphatic heterocycles. The van der Waals surface area contributed by atoms with Crippen LogP contribution in [0.2, 0.25) is 0 Å². The van der Waals surface area contributed by atoms with E-state index in [9.17, 15) is 22.8 Å². The van der Waals surface area contributed by atoms with Gasteiger partial charge in [-0.2, -0.15) is 0 Å². The molecule has 0 amide bonds. The Kier molecular flexibility index (Phi) is 7.59. The number of Topliss-reactive ketones (excluding diaryl/α,β-unsaturated/α-hetero) is 2. The van der Waals surface area contributed by atoms with Crippen LogP contribution in [-0.2, 0) is 12.8 Å². The smallest absolute Gasteiger partial charge is 0.405 e. The Balaban J connectivity index is 1.52. The summed E-state index contributed by atoms with van der Waals surface area (Å²) in [6, 6.07) is 25.9. The van der Waals surface area contributed by atoms with E-state index in [-0.39, 0.29) is 36.2 Å². The first-order valence-electron chi connectivity index (χ1n) is 11.3. The van der Waals surface area contributed by atoms with Crippen molar-refractivity contribution >= 4 is 11.6 Å². The maximum Gasteiger partial charge on any atom is 0.573 e. The molecule has 1 heterocycles. The first kappa shape index (κ1) is 24.9. The number of halogens is 3. The molecule has 0 bridgehead atoms. The Morgan fingerprint density at radius 2 is 1.47 bits per heavy atom. The summed E-state index contributed by atoms with van der Waals surface area (Å²) in [5.41, 5.74) is 3.28. The molecule has 4 nitrogen and oxygen atoms in total. The predicted molar refractivity (Wildman–Crippen MR) is 130 cm³/mol. The highest BCUT2D eigenvalue weighted by molar-refractivity contribution is 6.03. The molecule has 0 aliphatic rings. The van der Waals surface area contributed by atoms with Gasteiger partial charge in [0, 0.05) is 30.3 Å². The van der Waals surface area contributed by atoms with E-state index in [1.54, 1.807) is 24.4 Å². The molecule has 0 atom stereocenters. The molecular weight excluding hydrogens is 467 g/mol. The van der Waals surface area contributed by atoms with Gasteiger partial charge < -0.3 is 4.74 Å². The fourth-order valence-corrected chi connectivity index (χ4v) is 3.79. The van der Waals surface area contributed by atoms with Crippen LogP contribution in [0.15, 0.2) is 97.2 Å². The summed E-state index contributed by atoms with van der Waals surface area (Å²) in [5.74, 6) is -1.51. The number of ketones is 2. The average Bonchev–Trinajstić information content (AvgIpc) is 2.88. The van der Waals surface area contributed by atoms with Crippen LogP contribution < -0.4 is 4.74 Å². The van der Waals surface area contributed by atoms with Crippen molar-refractivity contribution in [3.05, 3.63) is 120 Å². The van der Waals surface area contributed by atoms with E-state index >= 15 is 0 Å². The molecule has 0 saturated carbocycles. The van der Waals surface area contributed by atoms with Gasteiger partial charge in [-0.3, -0.25) is 14.6 Å². The number of carbonyl (C=O) groups excluding carboxylic acids is 2. The Morgan fingerprint density at radius 3 is 2.14 bits per heavy atom. The van der Waals surface area contributed by atoms with E-state index in [1.165, 1.54) is 12.1 Å². The summed E-state index contributed by atoms with van der Waals surface area (Å²) >= 11 is 0.